The predicted molar refractivity (Wildman–Crippen MR) is 110 cm³/mol. The number of carbonyl (C=O) groups is 3. The highest BCUT2D eigenvalue weighted by Crippen LogP contribution is 2.37. The third-order valence-electron chi connectivity index (χ3n) is 3.88. The van der Waals surface area contributed by atoms with Crippen LogP contribution in [0.1, 0.15) is 49.8 Å². The SMILES string of the molecule is CCOC(=O)c1c(NC(=O)c2cc(OC)c(Br)c(OC)c2)sc(C(C)=O)c1C. The number of anilines is 1. The molecule has 1 amide bonds. The molecule has 0 aliphatic rings. The van der Waals surface area contributed by atoms with Gasteiger partial charge in [0.15, 0.2) is 5.78 Å². The van der Waals surface area contributed by atoms with Gasteiger partial charge in [-0.1, -0.05) is 0 Å². The lowest BCUT2D eigenvalue weighted by molar-refractivity contribution is 0.0527. The highest BCUT2D eigenvalue weighted by atomic mass is 79.9. The maximum absolute atomic E-state index is 12.8. The highest BCUT2D eigenvalue weighted by molar-refractivity contribution is 9.10. The lowest BCUT2D eigenvalue weighted by Crippen LogP contribution is -2.15. The van der Waals surface area contributed by atoms with E-state index < -0.39 is 11.9 Å². The number of hydrogen-bond donors (Lipinski definition) is 1. The number of ketones is 1. The Balaban J connectivity index is 2.48. The van der Waals surface area contributed by atoms with E-state index in [-0.39, 0.29) is 28.5 Å². The fourth-order valence-corrected chi connectivity index (χ4v) is 4.20. The van der Waals surface area contributed by atoms with Crippen molar-refractivity contribution in [3.8, 4) is 11.5 Å². The van der Waals surface area contributed by atoms with Gasteiger partial charge in [-0.3, -0.25) is 9.59 Å². The van der Waals surface area contributed by atoms with E-state index in [1.54, 1.807) is 26.0 Å². The fourth-order valence-electron chi connectivity index (χ4n) is 2.56. The second-order valence-electron chi connectivity index (χ2n) is 5.69. The zero-order chi connectivity index (χ0) is 21.0. The summed E-state index contributed by atoms with van der Waals surface area (Å²) in [6, 6.07) is 3.08. The summed E-state index contributed by atoms with van der Waals surface area (Å²) in [5, 5.41) is 2.96. The minimum atomic E-state index is -0.593. The summed E-state index contributed by atoms with van der Waals surface area (Å²) < 4.78 is 16.2. The van der Waals surface area contributed by atoms with Gasteiger partial charge < -0.3 is 19.5 Å². The van der Waals surface area contributed by atoms with Crippen molar-refractivity contribution >= 4 is 49.9 Å². The van der Waals surface area contributed by atoms with Crippen LogP contribution in [0.25, 0.3) is 0 Å². The third kappa shape index (κ3) is 4.36. The van der Waals surface area contributed by atoms with Crippen LogP contribution < -0.4 is 14.8 Å². The Kier molecular flexibility index (Phi) is 7.20. The molecule has 1 heterocycles. The Hall–Kier alpha value is -2.39. The Bertz CT molecular complexity index is 912. The molecule has 2 rings (SSSR count). The number of thiophene rings is 1. The number of nitrogens with one attached hydrogen (secondary N) is 1. The molecule has 0 spiro atoms. The molecule has 0 aliphatic heterocycles. The molecule has 28 heavy (non-hydrogen) atoms. The number of hydrogen-bond acceptors (Lipinski definition) is 7. The van der Waals surface area contributed by atoms with Gasteiger partial charge in [0, 0.05) is 5.56 Å². The number of carbonyl (C=O) groups excluding carboxylic acids is 3. The van der Waals surface area contributed by atoms with E-state index in [2.05, 4.69) is 21.2 Å². The van der Waals surface area contributed by atoms with Gasteiger partial charge in [0.2, 0.25) is 0 Å². The second-order valence-corrected chi connectivity index (χ2v) is 7.50. The number of amides is 1. The molecule has 150 valence electrons. The molecular formula is C19H20BrNO6S. The number of rotatable bonds is 7. The summed E-state index contributed by atoms with van der Waals surface area (Å²) in [5.74, 6) is -0.430. The van der Waals surface area contributed by atoms with Crippen LogP contribution in [0.2, 0.25) is 0 Å². The maximum atomic E-state index is 12.8. The van der Waals surface area contributed by atoms with E-state index in [0.717, 1.165) is 11.3 Å². The molecule has 0 saturated heterocycles. The van der Waals surface area contributed by atoms with Crippen molar-refractivity contribution in [3.63, 3.8) is 0 Å². The van der Waals surface area contributed by atoms with Crippen molar-refractivity contribution in [2.24, 2.45) is 0 Å². The number of methoxy groups -OCH3 is 2. The standard InChI is InChI=1S/C19H20BrNO6S/c1-6-27-19(24)14-9(2)16(10(3)22)28-18(14)21-17(23)11-7-12(25-4)15(20)13(8-11)26-5/h7-8H,6H2,1-5H3,(H,21,23). The first-order valence-electron chi connectivity index (χ1n) is 8.29. The summed E-state index contributed by atoms with van der Waals surface area (Å²) in [5.41, 5.74) is 0.931. The lowest BCUT2D eigenvalue weighted by atomic mass is 10.1. The van der Waals surface area contributed by atoms with Gasteiger partial charge >= 0.3 is 5.97 Å². The number of halogens is 1. The minimum absolute atomic E-state index is 0.179. The van der Waals surface area contributed by atoms with Gasteiger partial charge in [0.05, 0.1) is 31.3 Å². The molecule has 1 aromatic heterocycles. The smallest absolute Gasteiger partial charge is 0.341 e. The zero-order valence-corrected chi connectivity index (χ0v) is 18.5. The van der Waals surface area contributed by atoms with E-state index in [0.29, 0.717) is 26.4 Å². The molecule has 1 N–H and O–H groups in total. The Morgan fingerprint density at radius 2 is 1.71 bits per heavy atom. The topological polar surface area (TPSA) is 90.9 Å². The van der Waals surface area contributed by atoms with Gasteiger partial charge in [-0.05, 0) is 54.4 Å². The predicted octanol–water partition coefficient (Wildman–Crippen LogP) is 4.47. The molecule has 0 bridgehead atoms. The molecule has 0 aliphatic carbocycles. The molecule has 9 heteroatoms. The molecule has 0 saturated carbocycles. The van der Waals surface area contributed by atoms with Gasteiger partial charge in [0.1, 0.15) is 21.0 Å². The molecule has 0 radical (unpaired) electrons. The van der Waals surface area contributed by atoms with E-state index in [1.165, 1.54) is 21.1 Å². The number of Topliss-reactive ketones (excluding diaryl/α,β-unsaturated/α-hetero) is 1. The molecular weight excluding hydrogens is 450 g/mol. The molecule has 0 unspecified atom stereocenters. The van der Waals surface area contributed by atoms with Crippen LogP contribution in [-0.2, 0) is 4.74 Å². The average molecular weight is 470 g/mol. The largest absolute Gasteiger partial charge is 0.495 e. The van der Waals surface area contributed by atoms with Crippen LogP contribution in [0.15, 0.2) is 16.6 Å². The van der Waals surface area contributed by atoms with Crippen molar-refractivity contribution in [2.45, 2.75) is 20.8 Å². The van der Waals surface area contributed by atoms with E-state index >= 15 is 0 Å². The first kappa shape index (κ1) is 21.9. The van der Waals surface area contributed by atoms with Crippen molar-refractivity contribution in [1.82, 2.24) is 0 Å². The Morgan fingerprint density at radius 1 is 1.14 bits per heavy atom. The first-order chi connectivity index (χ1) is 13.2. The number of esters is 1. The first-order valence-corrected chi connectivity index (χ1v) is 9.90. The van der Waals surface area contributed by atoms with Gasteiger partial charge in [-0.25, -0.2) is 4.79 Å². The van der Waals surface area contributed by atoms with Crippen molar-refractivity contribution in [2.75, 3.05) is 26.1 Å². The van der Waals surface area contributed by atoms with Crippen LogP contribution >= 0.6 is 27.3 Å². The summed E-state index contributed by atoms with van der Waals surface area (Å²) >= 11 is 4.39. The molecule has 7 nitrogen and oxygen atoms in total. The third-order valence-corrected chi connectivity index (χ3v) is 5.97. The van der Waals surface area contributed by atoms with Gasteiger partial charge in [0.25, 0.3) is 5.91 Å². The molecule has 0 atom stereocenters. The second kappa shape index (κ2) is 9.20. The summed E-state index contributed by atoms with van der Waals surface area (Å²) in [4.78, 5) is 37.5. The summed E-state index contributed by atoms with van der Waals surface area (Å²) in [6.45, 7) is 4.92. The monoisotopic (exact) mass is 469 g/mol. The van der Waals surface area contributed by atoms with E-state index in [4.69, 9.17) is 14.2 Å². The molecule has 2 aromatic rings. The van der Waals surface area contributed by atoms with Crippen LogP contribution in [0.5, 0.6) is 11.5 Å². The van der Waals surface area contributed by atoms with Crippen molar-refractivity contribution < 1.29 is 28.6 Å². The summed E-state index contributed by atoms with van der Waals surface area (Å²) in [6.07, 6.45) is 0. The number of ether oxygens (including phenoxy) is 3. The average Bonchev–Trinajstić information content (AvgIpc) is 2.98. The normalized spacial score (nSPS) is 10.4. The van der Waals surface area contributed by atoms with Gasteiger partial charge in [-0.15, -0.1) is 11.3 Å². The number of benzene rings is 1. The maximum Gasteiger partial charge on any atom is 0.341 e. The van der Waals surface area contributed by atoms with Gasteiger partial charge in [-0.2, -0.15) is 0 Å². The van der Waals surface area contributed by atoms with E-state index in [9.17, 15) is 14.4 Å². The minimum Gasteiger partial charge on any atom is -0.495 e. The quantitative estimate of drug-likeness (QED) is 0.475. The lowest BCUT2D eigenvalue weighted by Gasteiger charge is -2.12. The van der Waals surface area contributed by atoms with Crippen LogP contribution in [0, 0.1) is 6.92 Å². The summed E-state index contributed by atoms with van der Waals surface area (Å²) in [7, 11) is 2.95. The molecule has 1 aromatic carbocycles. The van der Waals surface area contributed by atoms with E-state index in [1.807, 2.05) is 0 Å². The van der Waals surface area contributed by atoms with Crippen LogP contribution in [0.4, 0.5) is 5.00 Å². The van der Waals surface area contributed by atoms with Crippen molar-refractivity contribution in [3.05, 3.63) is 38.2 Å². The highest BCUT2D eigenvalue weighted by Gasteiger charge is 2.26. The van der Waals surface area contributed by atoms with Crippen molar-refractivity contribution in [1.29, 1.82) is 0 Å². The van der Waals surface area contributed by atoms with Crippen LogP contribution in [0.3, 0.4) is 0 Å². The Labute approximate surface area is 175 Å². The molecule has 0 fully saturated rings. The van der Waals surface area contributed by atoms with Crippen LogP contribution in [-0.4, -0.2) is 38.5 Å². The Morgan fingerprint density at radius 3 is 2.18 bits per heavy atom. The fraction of sp³-hybridized carbons (Fsp3) is 0.316. The zero-order valence-electron chi connectivity index (χ0n) is 16.1.